The summed E-state index contributed by atoms with van der Waals surface area (Å²) in [7, 11) is 0. The minimum absolute atomic E-state index is 0. The molecule has 1 saturated heterocycles. The highest BCUT2D eigenvalue weighted by molar-refractivity contribution is 6.02. The van der Waals surface area contributed by atoms with Crippen LogP contribution in [0, 0.1) is 25.6 Å². The van der Waals surface area contributed by atoms with Crippen LogP contribution in [0.15, 0.2) is 29.5 Å². The van der Waals surface area contributed by atoms with Crippen LogP contribution in [0.2, 0.25) is 0 Å². The number of piperazine rings is 1. The summed E-state index contributed by atoms with van der Waals surface area (Å²) in [5, 5.41) is 3.83. The Labute approximate surface area is 185 Å². The van der Waals surface area contributed by atoms with E-state index in [-0.39, 0.29) is 13.1 Å². The smallest absolute Gasteiger partial charge is 0.157 e. The lowest BCUT2D eigenvalue weighted by atomic mass is 9.98. The standard InChI is InChI=1S/C23H34FN7.H2/c1-15(2)9-18-11-19(24)22(23(25)28-29-26)21(12-18)31-7-5-30(6-8-31)14-20-17(4)10-16(3)13-27-20;/h10-13,15,29H,5-9,14,26H2,1-4H3,(H2,25,28);1H. The SMILES string of the molecule is Cc1cnc(CN2CCN(c3cc(CC(C)C)cc(F)c3/C(N)=N/NN)CC2)c(C)c1.[HH]. The molecule has 7 nitrogen and oxygen atoms in total. The van der Waals surface area contributed by atoms with Gasteiger partial charge in [-0.3, -0.25) is 9.88 Å². The van der Waals surface area contributed by atoms with Crippen molar-refractivity contribution in [2.24, 2.45) is 22.6 Å². The summed E-state index contributed by atoms with van der Waals surface area (Å²) in [6.45, 7) is 12.5. The van der Waals surface area contributed by atoms with Gasteiger partial charge in [0, 0.05) is 40.3 Å². The molecule has 0 bridgehead atoms. The number of hydrazone groups is 1. The molecule has 3 rings (SSSR count). The molecule has 1 fully saturated rings. The molecule has 0 unspecified atom stereocenters. The van der Waals surface area contributed by atoms with Crippen LogP contribution in [-0.2, 0) is 13.0 Å². The number of rotatable bonds is 7. The topological polar surface area (TPSA) is 95.8 Å². The highest BCUT2D eigenvalue weighted by atomic mass is 19.1. The van der Waals surface area contributed by atoms with E-state index in [1.807, 2.05) is 12.3 Å². The molecule has 1 aliphatic rings. The van der Waals surface area contributed by atoms with Crippen LogP contribution in [-0.4, -0.2) is 41.9 Å². The zero-order chi connectivity index (χ0) is 22.5. The van der Waals surface area contributed by atoms with Crippen molar-refractivity contribution in [2.75, 3.05) is 31.1 Å². The van der Waals surface area contributed by atoms with Crippen LogP contribution in [0.3, 0.4) is 0 Å². The Morgan fingerprint density at radius 2 is 1.94 bits per heavy atom. The molecule has 31 heavy (non-hydrogen) atoms. The van der Waals surface area contributed by atoms with Gasteiger partial charge in [-0.2, -0.15) is 0 Å². The Kier molecular flexibility index (Phi) is 7.46. The number of nitrogens with one attached hydrogen (secondary N) is 1. The third kappa shape index (κ3) is 5.71. The van der Waals surface area contributed by atoms with Crippen LogP contribution in [0.4, 0.5) is 10.1 Å². The number of benzene rings is 1. The summed E-state index contributed by atoms with van der Waals surface area (Å²) < 4.78 is 15.1. The van der Waals surface area contributed by atoms with Crippen molar-refractivity contribution >= 4 is 11.5 Å². The zero-order valence-corrected chi connectivity index (χ0v) is 19.0. The van der Waals surface area contributed by atoms with Gasteiger partial charge in [-0.1, -0.05) is 19.9 Å². The molecule has 2 aromatic rings. The number of hydrogen-bond acceptors (Lipinski definition) is 6. The second-order valence-corrected chi connectivity index (χ2v) is 8.74. The highest BCUT2D eigenvalue weighted by Gasteiger charge is 2.24. The quantitative estimate of drug-likeness (QED) is 0.271. The molecule has 0 spiro atoms. The Bertz CT molecular complexity index is 940. The van der Waals surface area contributed by atoms with Gasteiger partial charge < -0.3 is 10.6 Å². The van der Waals surface area contributed by atoms with Crippen molar-refractivity contribution in [1.29, 1.82) is 0 Å². The molecular weight excluding hydrogens is 393 g/mol. The first-order chi connectivity index (χ1) is 14.8. The fourth-order valence-corrected chi connectivity index (χ4v) is 4.13. The zero-order valence-electron chi connectivity index (χ0n) is 19.0. The normalized spacial score (nSPS) is 15.6. The second-order valence-electron chi connectivity index (χ2n) is 8.74. The monoisotopic (exact) mass is 429 g/mol. The van der Waals surface area contributed by atoms with Gasteiger partial charge in [-0.05, 0) is 55.0 Å². The molecule has 8 heteroatoms. The van der Waals surface area contributed by atoms with Crippen molar-refractivity contribution in [3.8, 4) is 0 Å². The maximum absolute atomic E-state index is 15.1. The van der Waals surface area contributed by atoms with E-state index in [4.69, 9.17) is 11.6 Å². The fourth-order valence-electron chi connectivity index (χ4n) is 4.13. The van der Waals surface area contributed by atoms with E-state index in [1.165, 1.54) is 11.1 Å². The molecule has 0 radical (unpaired) electrons. The van der Waals surface area contributed by atoms with Gasteiger partial charge in [0.1, 0.15) is 5.82 Å². The third-order valence-electron chi connectivity index (χ3n) is 5.62. The minimum Gasteiger partial charge on any atom is -0.382 e. The lowest BCUT2D eigenvalue weighted by molar-refractivity contribution is 0.246. The van der Waals surface area contributed by atoms with Gasteiger partial charge in [0.25, 0.3) is 0 Å². The highest BCUT2D eigenvalue weighted by Crippen LogP contribution is 2.28. The fraction of sp³-hybridized carbons (Fsp3) is 0.478. The molecule has 1 aromatic carbocycles. The minimum atomic E-state index is -0.369. The first-order valence-corrected chi connectivity index (χ1v) is 10.8. The van der Waals surface area contributed by atoms with Gasteiger partial charge >= 0.3 is 0 Å². The van der Waals surface area contributed by atoms with E-state index < -0.39 is 0 Å². The van der Waals surface area contributed by atoms with E-state index in [1.54, 1.807) is 6.07 Å². The number of aromatic nitrogens is 1. The summed E-state index contributed by atoms with van der Waals surface area (Å²) in [6.07, 6.45) is 2.72. The van der Waals surface area contributed by atoms with E-state index in [0.717, 1.165) is 56.1 Å². The third-order valence-corrected chi connectivity index (χ3v) is 5.62. The van der Waals surface area contributed by atoms with Crippen molar-refractivity contribution in [1.82, 2.24) is 15.4 Å². The number of amidine groups is 1. The van der Waals surface area contributed by atoms with E-state index in [0.29, 0.717) is 11.5 Å². The number of hydrogen-bond donors (Lipinski definition) is 3. The lowest BCUT2D eigenvalue weighted by Gasteiger charge is -2.37. The average molecular weight is 430 g/mol. The van der Waals surface area contributed by atoms with Gasteiger partial charge in [-0.25, -0.2) is 15.8 Å². The number of pyridine rings is 1. The van der Waals surface area contributed by atoms with Gasteiger partial charge in [0.15, 0.2) is 5.84 Å². The van der Waals surface area contributed by atoms with Crippen molar-refractivity contribution < 1.29 is 5.82 Å². The molecule has 170 valence electrons. The van der Waals surface area contributed by atoms with Crippen LogP contribution in [0.1, 0.15) is 43.2 Å². The molecule has 1 aliphatic heterocycles. The van der Waals surface area contributed by atoms with Crippen LogP contribution >= 0.6 is 0 Å². The average Bonchev–Trinajstić information content (AvgIpc) is 2.70. The Morgan fingerprint density at radius 3 is 2.55 bits per heavy atom. The summed E-state index contributed by atoms with van der Waals surface area (Å²) in [4.78, 5) is 9.17. The number of halogens is 1. The van der Waals surface area contributed by atoms with Crippen molar-refractivity contribution in [3.63, 3.8) is 0 Å². The Hall–Kier alpha value is -2.71. The summed E-state index contributed by atoms with van der Waals surface area (Å²) >= 11 is 0. The van der Waals surface area contributed by atoms with Gasteiger partial charge in [0.2, 0.25) is 0 Å². The van der Waals surface area contributed by atoms with E-state index in [9.17, 15) is 0 Å². The number of aryl methyl sites for hydroxylation is 2. The molecule has 0 amide bonds. The molecule has 0 aliphatic carbocycles. The summed E-state index contributed by atoms with van der Waals surface area (Å²) in [5.41, 5.74) is 13.8. The van der Waals surface area contributed by atoms with E-state index >= 15 is 4.39 Å². The van der Waals surface area contributed by atoms with Gasteiger partial charge in [0.05, 0.1) is 16.9 Å². The predicted molar refractivity (Wildman–Crippen MR) is 126 cm³/mol. The molecule has 1 aromatic heterocycles. The maximum atomic E-state index is 15.1. The summed E-state index contributed by atoms with van der Waals surface area (Å²) in [5.74, 6) is 5.40. The number of nitrogens with two attached hydrogens (primary N) is 2. The second kappa shape index (κ2) is 10.1. The van der Waals surface area contributed by atoms with Crippen LogP contribution in [0.5, 0.6) is 0 Å². The molecule has 5 N–H and O–H groups in total. The number of hydrazine groups is 1. The predicted octanol–water partition coefficient (Wildman–Crippen LogP) is 2.69. The Morgan fingerprint density at radius 1 is 1.23 bits per heavy atom. The van der Waals surface area contributed by atoms with Crippen LogP contribution < -0.4 is 22.0 Å². The number of anilines is 1. The van der Waals surface area contributed by atoms with Crippen molar-refractivity contribution in [2.45, 2.75) is 40.7 Å². The first kappa shape index (κ1) is 23.0. The molecule has 0 atom stereocenters. The Balaban J connectivity index is 0.00000363. The van der Waals surface area contributed by atoms with E-state index in [2.05, 4.69) is 59.2 Å². The molecular formula is C23H36FN7. The van der Waals surface area contributed by atoms with Gasteiger partial charge in [-0.15, -0.1) is 5.10 Å². The number of nitrogens with zero attached hydrogens (tertiary/aromatic N) is 4. The largest absolute Gasteiger partial charge is 0.382 e. The maximum Gasteiger partial charge on any atom is 0.157 e. The lowest BCUT2D eigenvalue weighted by Crippen LogP contribution is -2.47. The van der Waals surface area contributed by atoms with Crippen molar-refractivity contribution in [3.05, 3.63) is 58.2 Å². The van der Waals surface area contributed by atoms with Crippen LogP contribution in [0.25, 0.3) is 0 Å². The molecule has 2 heterocycles. The summed E-state index contributed by atoms with van der Waals surface area (Å²) in [6, 6.07) is 5.76. The first-order valence-electron chi connectivity index (χ1n) is 10.8. The molecule has 0 saturated carbocycles.